The molecule has 2 nitrogen and oxygen atoms in total. The highest BCUT2D eigenvalue weighted by Crippen LogP contribution is 2.44. The van der Waals surface area contributed by atoms with Gasteiger partial charge in [0.25, 0.3) is 0 Å². The van der Waals surface area contributed by atoms with Gasteiger partial charge in [-0.2, -0.15) is 0 Å². The molecule has 12 heavy (non-hydrogen) atoms. The van der Waals surface area contributed by atoms with E-state index in [2.05, 4.69) is 11.9 Å². The van der Waals surface area contributed by atoms with Gasteiger partial charge in [-0.05, 0) is 45.2 Å². The minimum Gasteiger partial charge on any atom is -0.329 e. The molecule has 0 aromatic rings. The zero-order chi connectivity index (χ0) is 8.60. The molecule has 2 rings (SSSR count). The van der Waals surface area contributed by atoms with Crippen LogP contribution in [0.2, 0.25) is 0 Å². The SMILES string of the molecule is CN1CCCC1(CN)C1CCC1. The first-order valence-corrected chi connectivity index (χ1v) is 5.21. The molecule has 2 N–H and O–H groups in total. The first-order valence-electron chi connectivity index (χ1n) is 5.21. The number of nitrogens with two attached hydrogens (primary N) is 1. The Kier molecular flexibility index (Phi) is 2.13. The first-order chi connectivity index (χ1) is 5.79. The molecule has 1 saturated carbocycles. The van der Waals surface area contributed by atoms with E-state index in [0.29, 0.717) is 5.54 Å². The summed E-state index contributed by atoms with van der Waals surface area (Å²) in [4.78, 5) is 2.51. The third-order valence-electron chi connectivity index (χ3n) is 4.08. The second-order valence-corrected chi connectivity index (χ2v) is 4.46. The van der Waals surface area contributed by atoms with Gasteiger partial charge in [0.15, 0.2) is 0 Å². The zero-order valence-electron chi connectivity index (χ0n) is 8.05. The van der Waals surface area contributed by atoms with Crippen LogP contribution in [0.25, 0.3) is 0 Å². The fourth-order valence-electron chi connectivity index (χ4n) is 2.92. The van der Waals surface area contributed by atoms with Crippen molar-refractivity contribution < 1.29 is 0 Å². The van der Waals surface area contributed by atoms with E-state index in [1.807, 2.05) is 0 Å². The Morgan fingerprint density at radius 2 is 2.17 bits per heavy atom. The third kappa shape index (κ3) is 1.01. The second-order valence-electron chi connectivity index (χ2n) is 4.46. The van der Waals surface area contributed by atoms with Gasteiger partial charge in [-0.3, -0.25) is 4.90 Å². The van der Waals surface area contributed by atoms with E-state index in [1.54, 1.807) is 0 Å². The van der Waals surface area contributed by atoms with Crippen molar-refractivity contribution in [3.63, 3.8) is 0 Å². The monoisotopic (exact) mass is 168 g/mol. The van der Waals surface area contributed by atoms with Gasteiger partial charge in [0.2, 0.25) is 0 Å². The molecular weight excluding hydrogens is 148 g/mol. The number of likely N-dealkylation sites (N-methyl/N-ethyl adjacent to an activating group) is 1. The van der Waals surface area contributed by atoms with Gasteiger partial charge < -0.3 is 5.73 Å². The Labute approximate surface area is 75.1 Å². The molecule has 1 atom stereocenters. The summed E-state index contributed by atoms with van der Waals surface area (Å²) >= 11 is 0. The summed E-state index contributed by atoms with van der Waals surface area (Å²) in [5.41, 5.74) is 6.33. The number of hydrogen-bond acceptors (Lipinski definition) is 2. The van der Waals surface area contributed by atoms with Crippen LogP contribution in [0, 0.1) is 5.92 Å². The molecule has 0 radical (unpaired) electrons. The van der Waals surface area contributed by atoms with Crippen LogP contribution in [0.4, 0.5) is 0 Å². The van der Waals surface area contributed by atoms with Gasteiger partial charge in [0.05, 0.1) is 0 Å². The van der Waals surface area contributed by atoms with Gasteiger partial charge in [0.1, 0.15) is 0 Å². The molecule has 2 aliphatic rings. The van der Waals surface area contributed by atoms with E-state index in [4.69, 9.17) is 5.73 Å². The largest absolute Gasteiger partial charge is 0.329 e. The Morgan fingerprint density at radius 3 is 2.50 bits per heavy atom. The van der Waals surface area contributed by atoms with Crippen LogP contribution in [-0.4, -0.2) is 30.6 Å². The van der Waals surface area contributed by atoms with Crippen molar-refractivity contribution in [1.29, 1.82) is 0 Å². The van der Waals surface area contributed by atoms with Crippen LogP contribution >= 0.6 is 0 Å². The Balaban J connectivity index is 2.11. The second kappa shape index (κ2) is 3.00. The molecule has 1 aliphatic heterocycles. The van der Waals surface area contributed by atoms with Crippen molar-refractivity contribution in [1.82, 2.24) is 4.90 Å². The molecule has 0 amide bonds. The Bertz CT molecular complexity index is 165. The van der Waals surface area contributed by atoms with E-state index < -0.39 is 0 Å². The van der Waals surface area contributed by atoms with Crippen molar-refractivity contribution in [2.75, 3.05) is 20.1 Å². The van der Waals surface area contributed by atoms with Crippen LogP contribution in [0.1, 0.15) is 32.1 Å². The molecule has 0 aromatic carbocycles. The quantitative estimate of drug-likeness (QED) is 0.671. The average molecular weight is 168 g/mol. The average Bonchev–Trinajstić information content (AvgIpc) is 2.30. The van der Waals surface area contributed by atoms with E-state index in [9.17, 15) is 0 Å². The normalized spacial score (nSPS) is 38.5. The highest BCUT2D eigenvalue weighted by molar-refractivity contribution is 5.02. The maximum Gasteiger partial charge on any atom is 0.0357 e. The van der Waals surface area contributed by atoms with E-state index >= 15 is 0 Å². The van der Waals surface area contributed by atoms with Crippen molar-refractivity contribution >= 4 is 0 Å². The van der Waals surface area contributed by atoms with E-state index in [0.717, 1.165) is 12.5 Å². The van der Waals surface area contributed by atoms with Crippen LogP contribution < -0.4 is 5.73 Å². The van der Waals surface area contributed by atoms with Crippen LogP contribution in [0.15, 0.2) is 0 Å². The zero-order valence-corrected chi connectivity index (χ0v) is 8.05. The lowest BCUT2D eigenvalue weighted by molar-refractivity contribution is 0.0546. The van der Waals surface area contributed by atoms with Gasteiger partial charge in [-0.25, -0.2) is 0 Å². The number of nitrogens with zero attached hydrogens (tertiary/aromatic N) is 1. The smallest absolute Gasteiger partial charge is 0.0357 e. The Morgan fingerprint density at radius 1 is 1.42 bits per heavy atom. The van der Waals surface area contributed by atoms with E-state index in [-0.39, 0.29) is 0 Å². The maximum atomic E-state index is 5.93. The molecular formula is C10H20N2. The summed E-state index contributed by atoms with van der Waals surface area (Å²) in [5.74, 6) is 0.912. The van der Waals surface area contributed by atoms with Crippen molar-refractivity contribution in [2.45, 2.75) is 37.6 Å². The lowest BCUT2D eigenvalue weighted by atomic mass is 9.69. The molecule has 0 aromatic heterocycles. The fourth-order valence-corrected chi connectivity index (χ4v) is 2.92. The van der Waals surface area contributed by atoms with Crippen molar-refractivity contribution in [3.05, 3.63) is 0 Å². The van der Waals surface area contributed by atoms with Crippen molar-refractivity contribution in [3.8, 4) is 0 Å². The molecule has 70 valence electrons. The summed E-state index contributed by atoms with van der Waals surface area (Å²) in [7, 11) is 2.25. The lowest BCUT2D eigenvalue weighted by Gasteiger charge is -2.46. The van der Waals surface area contributed by atoms with Crippen LogP contribution in [-0.2, 0) is 0 Å². The van der Waals surface area contributed by atoms with E-state index in [1.165, 1.54) is 38.6 Å². The molecule has 1 aliphatic carbocycles. The molecule has 2 fully saturated rings. The number of rotatable bonds is 2. The van der Waals surface area contributed by atoms with Crippen LogP contribution in [0.3, 0.4) is 0 Å². The third-order valence-corrected chi connectivity index (χ3v) is 4.08. The standard InChI is InChI=1S/C10H20N2/c1-12-7-3-6-10(12,8-11)9-4-2-5-9/h9H,2-8,11H2,1H3. The maximum absolute atomic E-state index is 5.93. The summed E-state index contributed by atoms with van der Waals surface area (Å²) in [6.07, 6.45) is 6.96. The molecule has 0 bridgehead atoms. The van der Waals surface area contributed by atoms with Crippen LogP contribution in [0.5, 0.6) is 0 Å². The number of hydrogen-bond donors (Lipinski definition) is 1. The summed E-state index contributed by atoms with van der Waals surface area (Å²) in [5, 5.41) is 0. The molecule has 2 heteroatoms. The summed E-state index contributed by atoms with van der Waals surface area (Å²) < 4.78 is 0. The minimum absolute atomic E-state index is 0.401. The predicted molar refractivity (Wildman–Crippen MR) is 51.0 cm³/mol. The molecule has 1 heterocycles. The Hall–Kier alpha value is -0.0800. The number of likely N-dealkylation sites (tertiary alicyclic amines) is 1. The van der Waals surface area contributed by atoms with Gasteiger partial charge in [-0.15, -0.1) is 0 Å². The highest BCUT2D eigenvalue weighted by atomic mass is 15.2. The highest BCUT2D eigenvalue weighted by Gasteiger charge is 2.46. The van der Waals surface area contributed by atoms with Gasteiger partial charge in [-0.1, -0.05) is 6.42 Å². The molecule has 0 spiro atoms. The minimum atomic E-state index is 0.401. The predicted octanol–water partition coefficient (Wildman–Crippen LogP) is 1.21. The topological polar surface area (TPSA) is 29.3 Å². The first kappa shape index (κ1) is 8.52. The van der Waals surface area contributed by atoms with Gasteiger partial charge in [0, 0.05) is 12.1 Å². The molecule has 1 unspecified atom stereocenters. The van der Waals surface area contributed by atoms with Gasteiger partial charge >= 0.3 is 0 Å². The summed E-state index contributed by atoms with van der Waals surface area (Å²) in [6, 6.07) is 0. The summed E-state index contributed by atoms with van der Waals surface area (Å²) in [6.45, 7) is 2.13. The molecule has 1 saturated heterocycles. The lowest BCUT2D eigenvalue weighted by Crippen LogP contribution is -2.55. The fraction of sp³-hybridized carbons (Fsp3) is 1.00. The van der Waals surface area contributed by atoms with Crippen molar-refractivity contribution in [2.24, 2.45) is 11.7 Å².